The third kappa shape index (κ3) is 4.96. The van der Waals surface area contributed by atoms with Crippen LogP contribution in [-0.4, -0.2) is 46.3 Å². The normalized spacial score (nSPS) is 13.5. The first kappa shape index (κ1) is 14.9. The second-order valence-corrected chi connectivity index (χ2v) is 3.27. The SMILES string of the molecule is COC(=O)CC(C(=O)O)C(CC(=O)O)C(=O)O. The van der Waals surface area contributed by atoms with Gasteiger partial charge in [0.2, 0.25) is 0 Å². The fourth-order valence-corrected chi connectivity index (χ4v) is 1.25. The molecule has 8 heteroatoms. The van der Waals surface area contributed by atoms with E-state index in [1.807, 2.05) is 0 Å². The van der Waals surface area contributed by atoms with Crippen molar-refractivity contribution in [1.82, 2.24) is 0 Å². The quantitative estimate of drug-likeness (QED) is 0.509. The molecule has 0 aliphatic heterocycles. The fourth-order valence-electron chi connectivity index (χ4n) is 1.25. The highest BCUT2D eigenvalue weighted by atomic mass is 16.5. The number of carboxylic acids is 3. The topological polar surface area (TPSA) is 138 Å². The van der Waals surface area contributed by atoms with E-state index < -0.39 is 48.6 Å². The molecule has 2 atom stereocenters. The van der Waals surface area contributed by atoms with Crippen LogP contribution in [0.1, 0.15) is 12.8 Å². The van der Waals surface area contributed by atoms with Gasteiger partial charge in [-0.2, -0.15) is 0 Å². The van der Waals surface area contributed by atoms with Gasteiger partial charge < -0.3 is 20.1 Å². The zero-order valence-corrected chi connectivity index (χ0v) is 8.95. The van der Waals surface area contributed by atoms with Gasteiger partial charge in [-0.25, -0.2) is 0 Å². The van der Waals surface area contributed by atoms with Gasteiger partial charge in [0.1, 0.15) is 0 Å². The van der Waals surface area contributed by atoms with E-state index in [-0.39, 0.29) is 0 Å². The molecule has 8 nitrogen and oxygen atoms in total. The first-order chi connectivity index (χ1) is 7.79. The summed E-state index contributed by atoms with van der Waals surface area (Å²) in [4.78, 5) is 42.9. The van der Waals surface area contributed by atoms with E-state index in [1.165, 1.54) is 0 Å². The maximum atomic E-state index is 10.9. The van der Waals surface area contributed by atoms with Gasteiger partial charge in [-0.3, -0.25) is 19.2 Å². The highest BCUT2D eigenvalue weighted by molar-refractivity contribution is 5.86. The van der Waals surface area contributed by atoms with Crippen molar-refractivity contribution in [2.45, 2.75) is 12.8 Å². The van der Waals surface area contributed by atoms with E-state index in [4.69, 9.17) is 15.3 Å². The molecule has 0 heterocycles. The molecule has 96 valence electrons. The highest BCUT2D eigenvalue weighted by Gasteiger charge is 2.37. The third-order valence-electron chi connectivity index (χ3n) is 2.13. The van der Waals surface area contributed by atoms with Gasteiger partial charge in [-0.05, 0) is 0 Å². The molecule has 0 bridgehead atoms. The number of esters is 1. The maximum Gasteiger partial charge on any atom is 0.307 e. The number of hydrogen-bond acceptors (Lipinski definition) is 5. The Kier molecular flexibility index (Phi) is 5.65. The molecule has 3 N–H and O–H groups in total. The van der Waals surface area contributed by atoms with E-state index in [1.54, 1.807) is 0 Å². The van der Waals surface area contributed by atoms with Gasteiger partial charge >= 0.3 is 23.9 Å². The first-order valence-corrected chi connectivity index (χ1v) is 4.53. The van der Waals surface area contributed by atoms with Crippen molar-refractivity contribution in [2.24, 2.45) is 11.8 Å². The largest absolute Gasteiger partial charge is 0.481 e. The average molecular weight is 248 g/mol. The van der Waals surface area contributed by atoms with Crippen molar-refractivity contribution in [1.29, 1.82) is 0 Å². The number of aliphatic carboxylic acids is 3. The third-order valence-corrected chi connectivity index (χ3v) is 2.13. The van der Waals surface area contributed by atoms with E-state index in [2.05, 4.69) is 4.74 Å². The molecule has 0 spiro atoms. The van der Waals surface area contributed by atoms with Crippen molar-refractivity contribution in [2.75, 3.05) is 7.11 Å². The Balaban J connectivity index is 4.96. The fraction of sp³-hybridized carbons (Fsp3) is 0.556. The van der Waals surface area contributed by atoms with Crippen molar-refractivity contribution in [3.63, 3.8) is 0 Å². The van der Waals surface area contributed by atoms with Crippen LogP contribution in [0.5, 0.6) is 0 Å². The van der Waals surface area contributed by atoms with Crippen LogP contribution >= 0.6 is 0 Å². The van der Waals surface area contributed by atoms with Crippen molar-refractivity contribution < 1.29 is 39.2 Å². The summed E-state index contributed by atoms with van der Waals surface area (Å²) in [5.74, 6) is -8.80. The minimum absolute atomic E-state index is 0.684. The van der Waals surface area contributed by atoms with Crippen LogP contribution in [-0.2, 0) is 23.9 Å². The molecule has 0 aromatic rings. The maximum absolute atomic E-state index is 10.9. The summed E-state index contributed by atoms with van der Waals surface area (Å²) in [5.41, 5.74) is 0. The molecule has 0 radical (unpaired) electrons. The van der Waals surface area contributed by atoms with Crippen LogP contribution in [0.25, 0.3) is 0 Å². The number of ether oxygens (including phenoxy) is 1. The molecule has 0 amide bonds. The number of carboxylic acid groups (broad SMARTS) is 3. The summed E-state index contributed by atoms with van der Waals surface area (Å²) in [6.07, 6.45) is -1.56. The summed E-state index contributed by atoms with van der Waals surface area (Å²) >= 11 is 0. The zero-order chi connectivity index (χ0) is 13.6. The van der Waals surface area contributed by atoms with Gasteiger partial charge in [0.15, 0.2) is 0 Å². The van der Waals surface area contributed by atoms with Gasteiger partial charge in [-0.1, -0.05) is 0 Å². The standard InChI is InChI=1S/C9H12O8/c1-17-7(12)3-5(9(15)16)4(8(13)14)2-6(10)11/h4-5H,2-3H2,1H3,(H,10,11)(H,13,14)(H,15,16). The Morgan fingerprint density at radius 3 is 1.65 bits per heavy atom. The molecule has 0 fully saturated rings. The van der Waals surface area contributed by atoms with Crippen molar-refractivity contribution in [3.05, 3.63) is 0 Å². The Morgan fingerprint density at radius 2 is 1.35 bits per heavy atom. The van der Waals surface area contributed by atoms with Gasteiger partial charge in [0.05, 0.1) is 31.8 Å². The number of carbonyl (C=O) groups is 4. The second kappa shape index (κ2) is 6.46. The summed E-state index contributed by atoms with van der Waals surface area (Å²) in [6.45, 7) is 0. The molecule has 0 rings (SSSR count). The van der Waals surface area contributed by atoms with Gasteiger partial charge in [-0.15, -0.1) is 0 Å². The molecule has 0 aliphatic carbocycles. The Morgan fingerprint density at radius 1 is 0.941 bits per heavy atom. The van der Waals surface area contributed by atoms with Gasteiger partial charge in [0.25, 0.3) is 0 Å². The van der Waals surface area contributed by atoms with Crippen LogP contribution in [0.4, 0.5) is 0 Å². The predicted octanol–water partition coefficient (Wildman–Crippen LogP) is -0.574. The molecular formula is C9H12O8. The van der Waals surface area contributed by atoms with Crippen molar-refractivity contribution >= 4 is 23.9 Å². The Hall–Kier alpha value is -2.12. The molecule has 0 saturated carbocycles. The van der Waals surface area contributed by atoms with E-state index in [9.17, 15) is 19.2 Å². The van der Waals surface area contributed by atoms with Crippen LogP contribution in [0.15, 0.2) is 0 Å². The van der Waals surface area contributed by atoms with E-state index in [0.717, 1.165) is 7.11 Å². The summed E-state index contributed by atoms with van der Waals surface area (Å²) in [5, 5.41) is 26.0. The minimum atomic E-state index is -1.68. The predicted molar refractivity (Wildman–Crippen MR) is 51.1 cm³/mol. The van der Waals surface area contributed by atoms with E-state index in [0.29, 0.717) is 0 Å². The molecule has 0 aromatic carbocycles. The lowest BCUT2D eigenvalue weighted by atomic mass is 9.87. The molecule has 2 unspecified atom stereocenters. The smallest absolute Gasteiger partial charge is 0.307 e. The molecule has 0 aliphatic rings. The molecule has 17 heavy (non-hydrogen) atoms. The second-order valence-electron chi connectivity index (χ2n) is 3.27. The van der Waals surface area contributed by atoms with Crippen LogP contribution < -0.4 is 0 Å². The van der Waals surface area contributed by atoms with Crippen LogP contribution in [0.3, 0.4) is 0 Å². The summed E-state index contributed by atoms with van der Waals surface area (Å²) in [6, 6.07) is 0. The summed E-state index contributed by atoms with van der Waals surface area (Å²) < 4.78 is 4.22. The van der Waals surface area contributed by atoms with Crippen LogP contribution in [0, 0.1) is 11.8 Å². The van der Waals surface area contributed by atoms with Crippen LogP contribution in [0.2, 0.25) is 0 Å². The van der Waals surface area contributed by atoms with Crippen molar-refractivity contribution in [3.8, 4) is 0 Å². The Bertz CT molecular complexity index is 334. The van der Waals surface area contributed by atoms with Gasteiger partial charge in [0, 0.05) is 0 Å². The molecule has 0 saturated heterocycles. The summed E-state index contributed by atoms with van der Waals surface area (Å²) in [7, 11) is 1.02. The zero-order valence-electron chi connectivity index (χ0n) is 8.95. The number of hydrogen-bond donors (Lipinski definition) is 3. The lowest BCUT2D eigenvalue weighted by molar-refractivity contribution is -0.160. The first-order valence-electron chi connectivity index (χ1n) is 4.53. The lowest BCUT2D eigenvalue weighted by Crippen LogP contribution is -2.33. The highest BCUT2D eigenvalue weighted by Crippen LogP contribution is 2.21. The Labute approximate surface area is 95.8 Å². The lowest BCUT2D eigenvalue weighted by Gasteiger charge is -2.17. The number of carbonyl (C=O) groups excluding carboxylic acids is 1. The molecule has 0 aromatic heterocycles. The number of methoxy groups -OCH3 is 1. The van der Waals surface area contributed by atoms with E-state index >= 15 is 0 Å². The monoisotopic (exact) mass is 248 g/mol. The minimum Gasteiger partial charge on any atom is -0.481 e. The number of rotatable bonds is 7. The molecular weight excluding hydrogens is 236 g/mol. The average Bonchev–Trinajstić information content (AvgIpc) is 2.21.